The first-order valence-corrected chi connectivity index (χ1v) is 10.1. The monoisotopic (exact) mass is 426 g/mol. The molecule has 2 aromatic rings. The minimum Gasteiger partial charge on any atom is -0.460 e. The van der Waals surface area contributed by atoms with Crippen LogP contribution in [0.1, 0.15) is 18.1 Å². The van der Waals surface area contributed by atoms with Crippen molar-refractivity contribution >= 4 is 11.9 Å². The van der Waals surface area contributed by atoms with Gasteiger partial charge in [0.05, 0.1) is 25.9 Å². The number of esters is 1. The fraction of sp³-hybridized carbons (Fsp3) is 0.333. The van der Waals surface area contributed by atoms with Gasteiger partial charge in [0.1, 0.15) is 12.6 Å². The van der Waals surface area contributed by atoms with Gasteiger partial charge in [0.15, 0.2) is 6.04 Å². The molecule has 7 heteroatoms. The van der Waals surface area contributed by atoms with Crippen molar-refractivity contribution in [1.29, 1.82) is 0 Å². The standard InChI is InChI=1S/C24H30N2O5/c1-3-14-30-24(28)21(17-29-15-19-10-6-4-7-11-19)26-23(27)22(25)18(2)31-16-20-12-8-5-9-13-20/h3-13,18,21-22H,1,14-17,25H2,2H3,(H,26,27)/t18-,21-,22-/m0/s1. The normalized spacial score (nSPS) is 13.6. The van der Waals surface area contributed by atoms with Crippen LogP contribution in [0.15, 0.2) is 73.3 Å². The van der Waals surface area contributed by atoms with Crippen molar-refractivity contribution in [2.24, 2.45) is 5.73 Å². The molecule has 0 heterocycles. The topological polar surface area (TPSA) is 99.9 Å². The van der Waals surface area contributed by atoms with E-state index < -0.39 is 30.1 Å². The molecule has 3 N–H and O–H groups in total. The van der Waals surface area contributed by atoms with Crippen molar-refractivity contribution < 1.29 is 23.8 Å². The summed E-state index contributed by atoms with van der Waals surface area (Å²) >= 11 is 0. The van der Waals surface area contributed by atoms with Gasteiger partial charge in [-0.1, -0.05) is 73.3 Å². The van der Waals surface area contributed by atoms with Gasteiger partial charge in [-0.2, -0.15) is 0 Å². The second kappa shape index (κ2) is 13.3. The van der Waals surface area contributed by atoms with Crippen LogP contribution in [-0.2, 0) is 37.0 Å². The zero-order valence-corrected chi connectivity index (χ0v) is 17.7. The molecule has 0 radical (unpaired) electrons. The van der Waals surface area contributed by atoms with Crippen LogP contribution in [0.4, 0.5) is 0 Å². The lowest BCUT2D eigenvalue weighted by Gasteiger charge is -2.23. The molecule has 0 saturated heterocycles. The van der Waals surface area contributed by atoms with Crippen LogP contribution in [0.2, 0.25) is 0 Å². The minimum atomic E-state index is -0.997. The first-order chi connectivity index (χ1) is 15.0. The molecule has 0 aliphatic carbocycles. The van der Waals surface area contributed by atoms with Crippen molar-refractivity contribution in [2.45, 2.75) is 38.3 Å². The number of hydrogen-bond donors (Lipinski definition) is 2. The third-order valence-electron chi connectivity index (χ3n) is 4.50. The SMILES string of the molecule is C=CCOC(=O)[C@H](COCc1ccccc1)NC(=O)[C@@H](N)[C@H](C)OCc1ccccc1. The maximum atomic E-state index is 12.6. The zero-order valence-electron chi connectivity index (χ0n) is 17.7. The van der Waals surface area contributed by atoms with Gasteiger partial charge >= 0.3 is 5.97 Å². The van der Waals surface area contributed by atoms with Crippen LogP contribution >= 0.6 is 0 Å². The zero-order chi connectivity index (χ0) is 22.5. The molecule has 2 rings (SSSR count). The first-order valence-electron chi connectivity index (χ1n) is 10.1. The Morgan fingerprint density at radius 2 is 1.61 bits per heavy atom. The third-order valence-corrected chi connectivity index (χ3v) is 4.50. The van der Waals surface area contributed by atoms with E-state index in [4.69, 9.17) is 19.9 Å². The summed E-state index contributed by atoms with van der Waals surface area (Å²) in [4.78, 5) is 25.0. The summed E-state index contributed by atoms with van der Waals surface area (Å²) in [5.74, 6) is -1.14. The van der Waals surface area contributed by atoms with Crippen molar-refractivity contribution in [3.63, 3.8) is 0 Å². The van der Waals surface area contributed by atoms with Crippen molar-refractivity contribution in [3.8, 4) is 0 Å². The van der Waals surface area contributed by atoms with Crippen LogP contribution in [0, 0.1) is 0 Å². The average molecular weight is 427 g/mol. The summed E-state index contributed by atoms with van der Waals surface area (Å²) in [5, 5.41) is 2.61. The lowest BCUT2D eigenvalue weighted by atomic mass is 10.1. The van der Waals surface area contributed by atoms with E-state index in [1.807, 2.05) is 60.7 Å². The molecular formula is C24H30N2O5. The molecule has 0 aliphatic heterocycles. The summed E-state index contributed by atoms with van der Waals surface area (Å²) in [6.07, 6.45) is 0.891. The van der Waals surface area contributed by atoms with E-state index >= 15 is 0 Å². The summed E-state index contributed by atoms with van der Waals surface area (Å²) in [5.41, 5.74) is 7.97. The number of nitrogens with two attached hydrogens (primary N) is 1. The minimum absolute atomic E-state index is 0.0343. The van der Waals surface area contributed by atoms with Crippen molar-refractivity contribution in [3.05, 3.63) is 84.4 Å². The number of rotatable bonds is 13. The summed E-state index contributed by atoms with van der Waals surface area (Å²) in [6, 6.07) is 17.1. The Bertz CT molecular complexity index is 813. The molecule has 0 saturated carbocycles. The highest BCUT2D eigenvalue weighted by Gasteiger charge is 2.28. The van der Waals surface area contributed by atoms with Gasteiger partial charge in [-0.25, -0.2) is 4.79 Å². The highest BCUT2D eigenvalue weighted by Crippen LogP contribution is 2.06. The van der Waals surface area contributed by atoms with Crippen LogP contribution < -0.4 is 11.1 Å². The Balaban J connectivity index is 1.89. The predicted octanol–water partition coefficient (Wildman–Crippen LogP) is 2.35. The number of carbonyl (C=O) groups excluding carboxylic acids is 2. The second-order valence-electron chi connectivity index (χ2n) is 7.01. The van der Waals surface area contributed by atoms with Crippen LogP contribution in [0.25, 0.3) is 0 Å². The lowest BCUT2D eigenvalue weighted by Crippen LogP contribution is -2.54. The average Bonchev–Trinajstić information content (AvgIpc) is 2.81. The van der Waals surface area contributed by atoms with E-state index in [9.17, 15) is 9.59 Å². The number of amides is 1. The number of benzene rings is 2. The number of carbonyl (C=O) groups is 2. The Kier molecular flexibility index (Phi) is 10.4. The Labute approximate surface area is 183 Å². The van der Waals surface area contributed by atoms with E-state index in [2.05, 4.69) is 11.9 Å². The van der Waals surface area contributed by atoms with Crippen molar-refractivity contribution in [2.75, 3.05) is 13.2 Å². The highest BCUT2D eigenvalue weighted by molar-refractivity contribution is 5.87. The van der Waals surface area contributed by atoms with Crippen LogP contribution in [-0.4, -0.2) is 43.3 Å². The smallest absolute Gasteiger partial charge is 0.331 e. The van der Waals surface area contributed by atoms with E-state index in [0.29, 0.717) is 13.2 Å². The molecular weight excluding hydrogens is 396 g/mol. The largest absolute Gasteiger partial charge is 0.460 e. The molecule has 7 nitrogen and oxygen atoms in total. The van der Waals surface area contributed by atoms with E-state index in [1.165, 1.54) is 6.08 Å². The molecule has 166 valence electrons. The third kappa shape index (κ3) is 8.72. The molecule has 31 heavy (non-hydrogen) atoms. The second-order valence-corrected chi connectivity index (χ2v) is 7.01. The maximum Gasteiger partial charge on any atom is 0.331 e. The maximum absolute atomic E-state index is 12.6. The van der Waals surface area contributed by atoms with Crippen LogP contribution in [0.3, 0.4) is 0 Å². The van der Waals surface area contributed by atoms with Crippen LogP contribution in [0.5, 0.6) is 0 Å². The molecule has 0 bridgehead atoms. The molecule has 0 aromatic heterocycles. The fourth-order valence-corrected chi connectivity index (χ4v) is 2.67. The Hall–Kier alpha value is -3.00. The number of hydrogen-bond acceptors (Lipinski definition) is 6. The Morgan fingerprint density at radius 3 is 2.19 bits per heavy atom. The molecule has 0 spiro atoms. The molecule has 3 atom stereocenters. The van der Waals surface area contributed by atoms with E-state index in [0.717, 1.165) is 11.1 Å². The van der Waals surface area contributed by atoms with Gasteiger partial charge in [-0.15, -0.1) is 0 Å². The van der Waals surface area contributed by atoms with E-state index in [1.54, 1.807) is 6.92 Å². The molecule has 0 unspecified atom stereocenters. The predicted molar refractivity (Wildman–Crippen MR) is 118 cm³/mol. The molecule has 1 amide bonds. The van der Waals surface area contributed by atoms with Gasteiger partial charge in [0.2, 0.25) is 5.91 Å². The van der Waals surface area contributed by atoms with Crippen molar-refractivity contribution in [1.82, 2.24) is 5.32 Å². The van der Waals surface area contributed by atoms with Gasteiger partial charge in [0, 0.05) is 0 Å². The summed E-state index contributed by atoms with van der Waals surface area (Å²) in [6.45, 7) is 5.84. The number of nitrogens with one attached hydrogen (secondary N) is 1. The Morgan fingerprint density at radius 1 is 1.03 bits per heavy atom. The first kappa shape index (κ1) is 24.3. The lowest BCUT2D eigenvalue weighted by molar-refractivity contribution is -0.149. The molecule has 2 aromatic carbocycles. The van der Waals surface area contributed by atoms with Gasteiger partial charge < -0.3 is 25.3 Å². The quantitative estimate of drug-likeness (QED) is 0.377. The van der Waals surface area contributed by atoms with Gasteiger partial charge in [-0.3, -0.25) is 4.79 Å². The van der Waals surface area contributed by atoms with E-state index in [-0.39, 0.29) is 13.2 Å². The summed E-state index contributed by atoms with van der Waals surface area (Å²) < 4.78 is 16.4. The number of ether oxygens (including phenoxy) is 3. The fourth-order valence-electron chi connectivity index (χ4n) is 2.67. The summed E-state index contributed by atoms with van der Waals surface area (Å²) in [7, 11) is 0. The molecule has 0 aliphatic rings. The highest BCUT2D eigenvalue weighted by atomic mass is 16.5. The van der Waals surface area contributed by atoms with Gasteiger partial charge in [0.25, 0.3) is 0 Å². The van der Waals surface area contributed by atoms with Gasteiger partial charge in [-0.05, 0) is 18.1 Å². The molecule has 0 fully saturated rings.